The molecule has 0 atom stereocenters. The Kier molecular flexibility index (Phi) is 14.2. The van der Waals surface area contributed by atoms with Gasteiger partial charge in [-0.05, 0) is 129 Å². The number of phenolic OH excluding ortho intramolecular Hbond substituents is 2. The number of phenols is 2. The van der Waals surface area contributed by atoms with Gasteiger partial charge in [0.15, 0.2) is 0 Å². The van der Waals surface area contributed by atoms with Crippen molar-refractivity contribution in [3.05, 3.63) is 155 Å². The molecule has 0 radical (unpaired) electrons. The van der Waals surface area contributed by atoms with Gasteiger partial charge in [0.25, 0.3) is 20.0 Å². The number of amides is 1. The van der Waals surface area contributed by atoms with Crippen LogP contribution in [0.4, 0.5) is 27.8 Å². The van der Waals surface area contributed by atoms with Crippen LogP contribution in [0.1, 0.15) is 54.2 Å². The summed E-state index contributed by atoms with van der Waals surface area (Å²) < 4.78 is 60.1. The Labute approximate surface area is 355 Å². The number of carbonyl (C=O) groups is 1. The normalized spacial score (nSPS) is 11.8. The average Bonchev–Trinajstić information content (AvgIpc) is 3.20. The molecule has 2 aromatic heterocycles. The number of aryl methyl sites for hydroxylation is 2. The number of hydrogen-bond donors (Lipinski definition) is 6. The third-order valence-corrected chi connectivity index (χ3v) is 11.2. The highest BCUT2D eigenvalue weighted by Crippen LogP contribution is 2.29. The summed E-state index contributed by atoms with van der Waals surface area (Å²) in [6, 6.07) is 29.2. The monoisotopic (exact) mass is 862 g/mol. The first-order valence-corrected chi connectivity index (χ1v) is 21.6. The van der Waals surface area contributed by atoms with Gasteiger partial charge in [0.1, 0.15) is 28.7 Å². The van der Waals surface area contributed by atoms with Gasteiger partial charge in [-0.3, -0.25) is 14.8 Å². The Morgan fingerprint density at radius 1 is 0.639 bits per heavy atom. The molecule has 0 saturated heterocycles. The van der Waals surface area contributed by atoms with Crippen LogP contribution in [-0.2, 0) is 24.8 Å². The van der Waals surface area contributed by atoms with Crippen molar-refractivity contribution in [3.8, 4) is 11.5 Å². The van der Waals surface area contributed by atoms with Gasteiger partial charge in [-0.25, -0.2) is 31.6 Å². The standard InChI is InChI=1S/C25H27N3O5S.C20H19N3O3S/c1-17-15-19(21(16-22(17)29)27-24(30)33-25(2,3)4)11-8-18-9-12-20(13-10-18)34(31,32)28-23-7-5-6-14-26-23;1-14-12-16(18(21)13-19(14)24)8-5-15-6-9-17(10-7-15)27(25,26)23-20-4-2-3-11-22-20/h5-16,29H,1-4H3,(H,26,28)(H,27,30);2-13,24H,21H2,1H3,(H,22,23)/b11-8+;8-5+. The summed E-state index contributed by atoms with van der Waals surface area (Å²) in [5.74, 6) is 0.691. The second-order valence-electron chi connectivity index (χ2n) is 14.6. The summed E-state index contributed by atoms with van der Waals surface area (Å²) >= 11 is 0. The Morgan fingerprint density at radius 3 is 1.52 bits per heavy atom. The number of ether oxygens (including phenoxy) is 1. The molecule has 14 nitrogen and oxygen atoms in total. The fraction of sp³-hybridized carbons (Fsp3) is 0.133. The quantitative estimate of drug-likeness (QED) is 0.0532. The van der Waals surface area contributed by atoms with Gasteiger partial charge >= 0.3 is 6.09 Å². The molecule has 0 spiro atoms. The molecule has 6 aromatic rings. The number of sulfonamides is 2. The number of nitrogens with one attached hydrogen (secondary N) is 3. The number of aromatic nitrogens is 2. The SMILES string of the molecule is Cc1cc(/C=C/c2ccc(S(=O)(=O)Nc3ccccn3)cc2)c(N)cc1O.Cc1cc(/C=C/c2ccc(S(=O)(=O)Nc3ccccn3)cc2)c(NC(=O)OC(C)(C)C)cc1O. The van der Waals surface area contributed by atoms with Crippen molar-refractivity contribution in [2.75, 3.05) is 20.5 Å². The molecule has 61 heavy (non-hydrogen) atoms. The highest BCUT2D eigenvalue weighted by Gasteiger charge is 2.18. The maximum absolute atomic E-state index is 12.6. The summed E-state index contributed by atoms with van der Waals surface area (Å²) in [6.07, 6.45) is 9.55. The second kappa shape index (κ2) is 19.3. The zero-order valence-electron chi connectivity index (χ0n) is 34.0. The lowest BCUT2D eigenvalue weighted by atomic mass is 10.1. The second-order valence-corrected chi connectivity index (χ2v) is 17.9. The molecular weight excluding hydrogens is 817 g/mol. The first-order chi connectivity index (χ1) is 28.8. The summed E-state index contributed by atoms with van der Waals surface area (Å²) in [4.78, 5) is 20.4. The van der Waals surface area contributed by atoms with Crippen molar-refractivity contribution in [1.29, 1.82) is 0 Å². The lowest BCUT2D eigenvalue weighted by molar-refractivity contribution is 0.0635. The van der Waals surface area contributed by atoms with Crippen molar-refractivity contribution in [2.24, 2.45) is 0 Å². The van der Waals surface area contributed by atoms with E-state index >= 15 is 0 Å². The minimum Gasteiger partial charge on any atom is -0.508 e. The Balaban J connectivity index is 0.000000237. The van der Waals surface area contributed by atoms with E-state index in [4.69, 9.17) is 10.5 Å². The highest BCUT2D eigenvalue weighted by molar-refractivity contribution is 7.93. The summed E-state index contributed by atoms with van der Waals surface area (Å²) in [5, 5.41) is 22.4. The largest absolute Gasteiger partial charge is 0.508 e. The molecule has 7 N–H and O–H groups in total. The van der Waals surface area contributed by atoms with E-state index < -0.39 is 31.7 Å². The Hall–Kier alpha value is -7.17. The maximum Gasteiger partial charge on any atom is 0.412 e. The van der Waals surface area contributed by atoms with Crippen LogP contribution in [0.25, 0.3) is 24.3 Å². The number of rotatable bonds is 11. The van der Waals surface area contributed by atoms with E-state index in [-0.39, 0.29) is 32.9 Å². The van der Waals surface area contributed by atoms with E-state index in [1.165, 1.54) is 48.8 Å². The van der Waals surface area contributed by atoms with Crippen molar-refractivity contribution in [1.82, 2.24) is 9.97 Å². The number of anilines is 4. The zero-order valence-corrected chi connectivity index (χ0v) is 35.6. The van der Waals surface area contributed by atoms with Gasteiger partial charge in [-0.2, -0.15) is 0 Å². The fourth-order valence-electron chi connectivity index (χ4n) is 5.39. The van der Waals surface area contributed by atoms with E-state index in [0.29, 0.717) is 22.5 Å². The number of nitrogens with zero attached hydrogens (tertiary/aromatic N) is 2. The third-order valence-electron chi connectivity index (χ3n) is 8.50. The summed E-state index contributed by atoms with van der Waals surface area (Å²) in [7, 11) is -7.47. The lowest BCUT2D eigenvalue weighted by Crippen LogP contribution is -2.27. The summed E-state index contributed by atoms with van der Waals surface area (Å²) in [6.45, 7) is 8.82. The molecule has 0 fully saturated rings. The third kappa shape index (κ3) is 13.2. The van der Waals surface area contributed by atoms with Gasteiger partial charge in [-0.15, -0.1) is 0 Å². The van der Waals surface area contributed by atoms with Crippen LogP contribution in [0.3, 0.4) is 0 Å². The van der Waals surface area contributed by atoms with Crippen LogP contribution in [0.5, 0.6) is 11.5 Å². The van der Waals surface area contributed by atoms with E-state index in [0.717, 1.165) is 22.3 Å². The zero-order chi connectivity index (χ0) is 44.4. The van der Waals surface area contributed by atoms with Gasteiger partial charge in [-0.1, -0.05) is 60.7 Å². The molecule has 0 aliphatic rings. The molecular formula is C45H46N6O8S2. The molecule has 0 saturated carbocycles. The number of carbonyl (C=O) groups excluding carboxylic acids is 1. The van der Waals surface area contributed by atoms with E-state index in [9.17, 15) is 31.8 Å². The molecule has 316 valence electrons. The molecule has 0 bridgehead atoms. The molecule has 6 rings (SSSR count). The molecule has 0 aliphatic heterocycles. The number of hydrogen-bond acceptors (Lipinski definition) is 11. The van der Waals surface area contributed by atoms with E-state index in [1.807, 2.05) is 12.2 Å². The molecule has 1 amide bonds. The molecule has 16 heteroatoms. The first kappa shape index (κ1) is 44.9. The minimum atomic E-state index is -3.77. The fourth-order valence-corrected chi connectivity index (χ4v) is 7.40. The maximum atomic E-state index is 12.6. The Bertz CT molecular complexity index is 2760. The van der Waals surface area contributed by atoms with Crippen LogP contribution in [0.15, 0.2) is 131 Å². The molecule has 4 aromatic carbocycles. The number of nitrogens with two attached hydrogens (primary N) is 1. The van der Waals surface area contributed by atoms with Crippen molar-refractivity contribution >= 4 is 73.5 Å². The van der Waals surface area contributed by atoms with Gasteiger partial charge in [0.2, 0.25) is 0 Å². The first-order valence-electron chi connectivity index (χ1n) is 18.6. The highest BCUT2D eigenvalue weighted by atomic mass is 32.2. The smallest absolute Gasteiger partial charge is 0.412 e. The van der Waals surface area contributed by atoms with Gasteiger partial charge < -0.3 is 20.7 Å². The number of nitrogen functional groups attached to an aromatic ring is 1. The van der Waals surface area contributed by atoms with Crippen LogP contribution in [0.2, 0.25) is 0 Å². The van der Waals surface area contributed by atoms with Crippen LogP contribution >= 0.6 is 0 Å². The predicted molar refractivity (Wildman–Crippen MR) is 241 cm³/mol. The van der Waals surface area contributed by atoms with E-state index in [1.54, 1.807) is 120 Å². The number of benzene rings is 4. The molecule has 2 heterocycles. The summed E-state index contributed by atoms with van der Waals surface area (Å²) in [5.41, 5.74) is 10.4. The van der Waals surface area contributed by atoms with E-state index in [2.05, 4.69) is 24.7 Å². The topological polar surface area (TPSA) is 223 Å². The average molecular weight is 863 g/mol. The van der Waals surface area contributed by atoms with Crippen molar-refractivity contribution in [3.63, 3.8) is 0 Å². The van der Waals surface area contributed by atoms with Crippen molar-refractivity contribution < 1.29 is 36.6 Å². The number of pyridine rings is 2. The van der Waals surface area contributed by atoms with Crippen molar-refractivity contribution in [2.45, 2.75) is 50.0 Å². The van der Waals surface area contributed by atoms with Crippen LogP contribution < -0.4 is 20.5 Å². The Morgan fingerprint density at radius 2 is 1.08 bits per heavy atom. The minimum absolute atomic E-state index is 0.0400. The van der Waals surface area contributed by atoms with Crippen LogP contribution in [0, 0.1) is 13.8 Å². The number of aromatic hydroxyl groups is 2. The predicted octanol–water partition coefficient (Wildman–Crippen LogP) is 9.06. The molecule has 0 unspecified atom stereocenters. The lowest BCUT2D eigenvalue weighted by Gasteiger charge is -2.20. The van der Waals surface area contributed by atoms with Gasteiger partial charge in [0.05, 0.1) is 15.5 Å². The van der Waals surface area contributed by atoms with Crippen LogP contribution in [-0.4, -0.2) is 48.7 Å². The molecule has 0 aliphatic carbocycles. The van der Waals surface area contributed by atoms with Gasteiger partial charge in [0, 0.05) is 30.2 Å².